The normalized spacial score (nSPS) is 9.42. The number of nitrogens with two attached hydrogens (primary N) is 1. The van der Waals surface area contributed by atoms with Crippen molar-refractivity contribution in [3.63, 3.8) is 0 Å². The zero-order chi connectivity index (χ0) is 13.8. The monoisotopic (exact) mass is 268 g/mol. The molecule has 0 unspecified atom stereocenters. The number of para-hydroxylation sites is 1. The quantitative estimate of drug-likeness (QED) is 0.817. The van der Waals surface area contributed by atoms with Crippen molar-refractivity contribution < 1.29 is 0 Å². The first-order valence-corrected chi connectivity index (χ1v) is 5.78. The summed E-state index contributed by atoms with van der Waals surface area (Å²) in [6.45, 7) is 0. The van der Waals surface area contributed by atoms with Crippen LogP contribution in [0.4, 0.5) is 17.1 Å². The van der Waals surface area contributed by atoms with Crippen LogP contribution in [0.5, 0.6) is 0 Å². The van der Waals surface area contributed by atoms with Crippen LogP contribution in [-0.2, 0) is 0 Å². The molecule has 92 valence electrons. The summed E-state index contributed by atoms with van der Waals surface area (Å²) in [5.74, 6) is 0. The lowest BCUT2D eigenvalue weighted by molar-refractivity contribution is 1.42. The van der Waals surface area contributed by atoms with Crippen molar-refractivity contribution in [2.24, 2.45) is 0 Å². The number of nitrogen functional groups attached to an aromatic ring is 1. The number of hydrogen-bond donors (Lipinski definition) is 2. The third kappa shape index (κ3) is 2.60. The summed E-state index contributed by atoms with van der Waals surface area (Å²) < 4.78 is 0. The molecule has 0 saturated heterocycles. The highest BCUT2D eigenvalue weighted by Crippen LogP contribution is 2.31. The molecule has 0 aromatic heterocycles. The second kappa shape index (κ2) is 5.30. The van der Waals surface area contributed by atoms with Gasteiger partial charge in [-0.1, -0.05) is 17.7 Å². The van der Waals surface area contributed by atoms with Gasteiger partial charge in [0.25, 0.3) is 0 Å². The summed E-state index contributed by atoms with van der Waals surface area (Å²) in [5, 5.41) is 21.4. The second-order valence-corrected chi connectivity index (χ2v) is 4.22. The Balaban J connectivity index is 2.41. The number of anilines is 3. The lowest BCUT2D eigenvalue weighted by Gasteiger charge is -2.11. The van der Waals surface area contributed by atoms with E-state index in [0.29, 0.717) is 33.2 Å². The highest BCUT2D eigenvalue weighted by molar-refractivity contribution is 6.34. The van der Waals surface area contributed by atoms with E-state index in [2.05, 4.69) is 5.32 Å². The van der Waals surface area contributed by atoms with E-state index in [1.807, 2.05) is 12.1 Å². The van der Waals surface area contributed by atoms with Crippen molar-refractivity contribution in [2.45, 2.75) is 0 Å². The summed E-state index contributed by atoms with van der Waals surface area (Å²) in [6.07, 6.45) is 0. The Morgan fingerprint density at radius 2 is 1.79 bits per heavy atom. The molecule has 0 radical (unpaired) electrons. The van der Waals surface area contributed by atoms with E-state index >= 15 is 0 Å². The molecule has 2 aromatic carbocycles. The van der Waals surface area contributed by atoms with E-state index in [1.165, 1.54) is 0 Å². The standard InChI is InChI=1S/C14H9ClN4/c15-12-2-1-3-13(18)14(12)19-11-5-4-9(7-16)10(6-11)8-17/h1-6,19H,18H2. The molecule has 0 heterocycles. The van der Waals surface area contributed by atoms with Crippen LogP contribution in [0.25, 0.3) is 0 Å². The van der Waals surface area contributed by atoms with E-state index in [9.17, 15) is 0 Å². The average Bonchev–Trinajstić information content (AvgIpc) is 2.42. The minimum absolute atomic E-state index is 0.304. The van der Waals surface area contributed by atoms with E-state index in [0.717, 1.165) is 0 Å². The van der Waals surface area contributed by atoms with Gasteiger partial charge in [-0.2, -0.15) is 10.5 Å². The van der Waals surface area contributed by atoms with Crippen molar-refractivity contribution >= 4 is 28.7 Å². The van der Waals surface area contributed by atoms with Gasteiger partial charge < -0.3 is 11.1 Å². The van der Waals surface area contributed by atoms with E-state index in [4.69, 9.17) is 27.9 Å². The van der Waals surface area contributed by atoms with Crippen LogP contribution < -0.4 is 11.1 Å². The van der Waals surface area contributed by atoms with Gasteiger partial charge in [0, 0.05) is 5.69 Å². The van der Waals surface area contributed by atoms with E-state index in [1.54, 1.807) is 36.4 Å². The fourth-order valence-electron chi connectivity index (χ4n) is 1.63. The topological polar surface area (TPSA) is 85.6 Å². The molecule has 0 bridgehead atoms. The van der Waals surface area contributed by atoms with Crippen LogP contribution in [-0.4, -0.2) is 0 Å². The predicted molar refractivity (Wildman–Crippen MR) is 75.0 cm³/mol. The smallest absolute Gasteiger partial charge is 0.101 e. The molecule has 5 heteroatoms. The minimum atomic E-state index is 0.304. The molecule has 3 N–H and O–H groups in total. The van der Waals surface area contributed by atoms with Gasteiger partial charge in [-0.05, 0) is 30.3 Å². The lowest BCUT2D eigenvalue weighted by atomic mass is 10.1. The van der Waals surface area contributed by atoms with Gasteiger partial charge in [0.15, 0.2) is 0 Å². The Kier molecular flexibility index (Phi) is 3.56. The molecule has 4 nitrogen and oxygen atoms in total. The first-order chi connectivity index (χ1) is 9.15. The first-order valence-electron chi connectivity index (χ1n) is 5.41. The van der Waals surface area contributed by atoms with Gasteiger partial charge in [0.2, 0.25) is 0 Å². The van der Waals surface area contributed by atoms with Crippen molar-refractivity contribution in [1.82, 2.24) is 0 Å². The third-order valence-corrected chi connectivity index (χ3v) is 2.89. The summed E-state index contributed by atoms with van der Waals surface area (Å²) >= 11 is 6.05. The minimum Gasteiger partial charge on any atom is -0.397 e. The second-order valence-electron chi connectivity index (χ2n) is 3.81. The molecule has 2 rings (SSSR count). The Morgan fingerprint density at radius 3 is 2.42 bits per heavy atom. The van der Waals surface area contributed by atoms with Crippen molar-refractivity contribution in [2.75, 3.05) is 11.1 Å². The number of hydrogen-bond acceptors (Lipinski definition) is 4. The first kappa shape index (κ1) is 12.8. The molecule has 0 aliphatic rings. The van der Waals surface area contributed by atoms with Crippen LogP contribution in [0.3, 0.4) is 0 Å². The van der Waals surface area contributed by atoms with Crippen molar-refractivity contribution in [3.8, 4) is 12.1 Å². The Hall–Kier alpha value is -2.69. The molecule has 0 amide bonds. The average molecular weight is 269 g/mol. The van der Waals surface area contributed by atoms with Gasteiger partial charge in [-0.3, -0.25) is 0 Å². The molecule has 0 saturated carbocycles. The maximum Gasteiger partial charge on any atom is 0.101 e. The molecular weight excluding hydrogens is 260 g/mol. The Bertz CT molecular complexity index is 690. The van der Waals surface area contributed by atoms with E-state index < -0.39 is 0 Å². The number of rotatable bonds is 2. The van der Waals surface area contributed by atoms with Crippen molar-refractivity contribution in [1.29, 1.82) is 10.5 Å². The predicted octanol–water partition coefficient (Wildman–Crippen LogP) is 3.41. The molecular formula is C14H9ClN4. The largest absolute Gasteiger partial charge is 0.397 e. The van der Waals surface area contributed by atoms with Gasteiger partial charge >= 0.3 is 0 Å². The number of halogens is 1. The van der Waals surface area contributed by atoms with Gasteiger partial charge in [0.1, 0.15) is 12.1 Å². The zero-order valence-corrected chi connectivity index (χ0v) is 10.6. The Morgan fingerprint density at radius 1 is 1.05 bits per heavy atom. The van der Waals surface area contributed by atoms with Crippen LogP contribution >= 0.6 is 11.6 Å². The van der Waals surface area contributed by atoms with Crippen molar-refractivity contribution in [3.05, 3.63) is 52.5 Å². The fourth-order valence-corrected chi connectivity index (χ4v) is 1.86. The lowest BCUT2D eigenvalue weighted by Crippen LogP contribution is -1.98. The number of benzene rings is 2. The summed E-state index contributed by atoms with van der Waals surface area (Å²) in [5.41, 5.74) is 8.21. The molecule has 0 spiro atoms. The maximum atomic E-state index is 8.97. The number of nitriles is 2. The number of nitrogens with one attached hydrogen (secondary N) is 1. The maximum absolute atomic E-state index is 8.97. The van der Waals surface area contributed by atoms with Gasteiger partial charge in [-0.25, -0.2) is 0 Å². The van der Waals surface area contributed by atoms with Crippen LogP contribution in [0.15, 0.2) is 36.4 Å². The van der Waals surface area contributed by atoms with Gasteiger partial charge in [-0.15, -0.1) is 0 Å². The van der Waals surface area contributed by atoms with Crippen LogP contribution in [0, 0.1) is 22.7 Å². The van der Waals surface area contributed by atoms with E-state index in [-0.39, 0.29) is 0 Å². The summed E-state index contributed by atoms with van der Waals surface area (Å²) in [6, 6.07) is 14.0. The third-order valence-electron chi connectivity index (χ3n) is 2.58. The SMILES string of the molecule is N#Cc1ccc(Nc2c(N)cccc2Cl)cc1C#N. The van der Waals surface area contributed by atoms with Crippen LogP contribution in [0.2, 0.25) is 5.02 Å². The highest BCUT2D eigenvalue weighted by atomic mass is 35.5. The zero-order valence-electron chi connectivity index (χ0n) is 9.81. The molecule has 0 fully saturated rings. The molecule has 0 aliphatic heterocycles. The Labute approximate surface area is 115 Å². The van der Waals surface area contributed by atoms with Gasteiger partial charge in [0.05, 0.1) is 27.5 Å². The highest BCUT2D eigenvalue weighted by Gasteiger charge is 2.07. The molecule has 19 heavy (non-hydrogen) atoms. The fraction of sp³-hybridized carbons (Fsp3) is 0. The number of nitrogens with zero attached hydrogens (tertiary/aromatic N) is 2. The summed E-state index contributed by atoms with van der Waals surface area (Å²) in [7, 11) is 0. The molecule has 2 aromatic rings. The summed E-state index contributed by atoms with van der Waals surface area (Å²) in [4.78, 5) is 0. The molecule has 0 atom stereocenters. The molecule has 0 aliphatic carbocycles. The van der Waals surface area contributed by atoms with Crippen LogP contribution in [0.1, 0.15) is 11.1 Å².